The summed E-state index contributed by atoms with van der Waals surface area (Å²) < 4.78 is 1.75. The number of nitrogens with zero attached hydrogens (tertiary/aromatic N) is 3. The maximum absolute atomic E-state index is 4.40. The quantitative estimate of drug-likeness (QED) is 0.610. The molecule has 78 valence electrons. The Balaban J connectivity index is 2.01. The van der Waals surface area contributed by atoms with Gasteiger partial charge in [-0.1, -0.05) is 12.2 Å². The number of anilines is 1. The Morgan fingerprint density at radius 1 is 1.47 bits per heavy atom. The van der Waals surface area contributed by atoms with Crippen LogP contribution in [0.15, 0.2) is 36.7 Å². The summed E-state index contributed by atoms with van der Waals surface area (Å²) in [6.07, 6.45) is 8.84. The van der Waals surface area contributed by atoms with Crippen molar-refractivity contribution in [1.82, 2.24) is 14.6 Å². The standard InChI is InChI=1S/C11H14N4/c1-2-3-4-7-12-10-6-9-15-11(14-10)5-8-13-15/h2-3,5-6,8-9H,4,7H2,1H3,(H,12,14)/b3-2+. The van der Waals surface area contributed by atoms with Gasteiger partial charge in [0.2, 0.25) is 0 Å². The Kier molecular flexibility index (Phi) is 2.97. The number of allylic oxidation sites excluding steroid dienone is 1. The molecule has 2 aromatic rings. The third kappa shape index (κ3) is 2.34. The summed E-state index contributed by atoms with van der Waals surface area (Å²) >= 11 is 0. The molecule has 0 bridgehead atoms. The third-order valence-electron chi connectivity index (χ3n) is 2.11. The number of hydrogen-bond donors (Lipinski definition) is 1. The van der Waals surface area contributed by atoms with Crippen LogP contribution in [0.1, 0.15) is 13.3 Å². The Labute approximate surface area is 88.6 Å². The number of nitrogens with one attached hydrogen (secondary N) is 1. The van der Waals surface area contributed by atoms with Gasteiger partial charge >= 0.3 is 0 Å². The van der Waals surface area contributed by atoms with Gasteiger partial charge in [0.25, 0.3) is 0 Å². The number of hydrogen-bond acceptors (Lipinski definition) is 3. The summed E-state index contributed by atoms with van der Waals surface area (Å²) in [4.78, 5) is 4.40. The van der Waals surface area contributed by atoms with Gasteiger partial charge in [-0.3, -0.25) is 0 Å². The lowest BCUT2D eigenvalue weighted by atomic mass is 10.4. The summed E-state index contributed by atoms with van der Waals surface area (Å²) in [7, 11) is 0. The fraction of sp³-hybridized carbons (Fsp3) is 0.273. The Hall–Kier alpha value is -1.84. The highest BCUT2D eigenvalue weighted by Crippen LogP contribution is 2.05. The maximum Gasteiger partial charge on any atom is 0.157 e. The first kappa shape index (κ1) is 9.71. The lowest BCUT2D eigenvalue weighted by Gasteiger charge is -2.03. The predicted octanol–water partition coefficient (Wildman–Crippen LogP) is 2.11. The first-order valence-corrected chi connectivity index (χ1v) is 5.05. The maximum atomic E-state index is 4.40. The number of rotatable bonds is 4. The molecule has 0 aliphatic rings. The van der Waals surface area contributed by atoms with Gasteiger partial charge in [-0.05, 0) is 19.4 Å². The molecule has 15 heavy (non-hydrogen) atoms. The first-order valence-electron chi connectivity index (χ1n) is 5.05. The zero-order chi connectivity index (χ0) is 10.5. The fourth-order valence-electron chi connectivity index (χ4n) is 1.36. The molecule has 0 radical (unpaired) electrons. The van der Waals surface area contributed by atoms with Gasteiger partial charge < -0.3 is 5.32 Å². The number of aromatic nitrogens is 3. The van der Waals surface area contributed by atoms with Crippen molar-refractivity contribution in [3.8, 4) is 0 Å². The molecule has 2 heterocycles. The van der Waals surface area contributed by atoms with Gasteiger partial charge in [0.1, 0.15) is 5.82 Å². The molecular formula is C11H14N4. The molecule has 0 spiro atoms. The zero-order valence-electron chi connectivity index (χ0n) is 8.72. The highest BCUT2D eigenvalue weighted by atomic mass is 15.2. The second-order valence-corrected chi connectivity index (χ2v) is 3.23. The van der Waals surface area contributed by atoms with E-state index in [0.717, 1.165) is 24.4 Å². The van der Waals surface area contributed by atoms with Crippen molar-refractivity contribution < 1.29 is 0 Å². The van der Waals surface area contributed by atoms with Crippen LogP contribution >= 0.6 is 0 Å². The van der Waals surface area contributed by atoms with Crippen LogP contribution in [0.5, 0.6) is 0 Å². The van der Waals surface area contributed by atoms with Crippen molar-refractivity contribution in [3.05, 3.63) is 36.7 Å². The molecule has 0 saturated carbocycles. The van der Waals surface area contributed by atoms with Crippen LogP contribution in [-0.4, -0.2) is 21.1 Å². The topological polar surface area (TPSA) is 42.2 Å². The van der Waals surface area contributed by atoms with E-state index in [1.165, 1.54) is 0 Å². The van der Waals surface area contributed by atoms with Crippen molar-refractivity contribution in [1.29, 1.82) is 0 Å². The van der Waals surface area contributed by atoms with Gasteiger partial charge in [-0.2, -0.15) is 5.10 Å². The average molecular weight is 202 g/mol. The molecule has 4 nitrogen and oxygen atoms in total. The van der Waals surface area contributed by atoms with E-state index in [0.29, 0.717) is 0 Å². The van der Waals surface area contributed by atoms with Crippen molar-refractivity contribution in [2.45, 2.75) is 13.3 Å². The second-order valence-electron chi connectivity index (χ2n) is 3.23. The molecule has 0 aliphatic heterocycles. The van der Waals surface area contributed by atoms with E-state index >= 15 is 0 Å². The SMILES string of the molecule is C/C=C/CCNc1ccn2nccc2n1. The summed E-state index contributed by atoms with van der Waals surface area (Å²) in [5, 5.41) is 7.34. The molecule has 0 aromatic carbocycles. The van der Waals surface area contributed by atoms with E-state index in [4.69, 9.17) is 0 Å². The van der Waals surface area contributed by atoms with Gasteiger partial charge in [-0.25, -0.2) is 9.50 Å². The van der Waals surface area contributed by atoms with E-state index in [-0.39, 0.29) is 0 Å². The van der Waals surface area contributed by atoms with Gasteiger partial charge in [0, 0.05) is 18.8 Å². The van der Waals surface area contributed by atoms with Crippen LogP contribution in [0.3, 0.4) is 0 Å². The Bertz CT molecular complexity index is 458. The van der Waals surface area contributed by atoms with Crippen molar-refractivity contribution >= 4 is 11.5 Å². The minimum Gasteiger partial charge on any atom is -0.370 e. The van der Waals surface area contributed by atoms with Crippen molar-refractivity contribution in [3.63, 3.8) is 0 Å². The van der Waals surface area contributed by atoms with Crippen LogP contribution in [0.4, 0.5) is 5.82 Å². The normalized spacial score (nSPS) is 11.3. The van der Waals surface area contributed by atoms with E-state index in [2.05, 4.69) is 27.6 Å². The van der Waals surface area contributed by atoms with E-state index < -0.39 is 0 Å². The minimum atomic E-state index is 0.867. The minimum absolute atomic E-state index is 0.867. The van der Waals surface area contributed by atoms with Crippen LogP contribution in [0.25, 0.3) is 5.65 Å². The lowest BCUT2D eigenvalue weighted by Crippen LogP contribution is -2.03. The smallest absolute Gasteiger partial charge is 0.157 e. The van der Waals surface area contributed by atoms with E-state index in [1.54, 1.807) is 10.7 Å². The van der Waals surface area contributed by atoms with Crippen LogP contribution in [0, 0.1) is 0 Å². The molecule has 0 aliphatic carbocycles. The van der Waals surface area contributed by atoms with Crippen molar-refractivity contribution in [2.24, 2.45) is 0 Å². The molecule has 4 heteroatoms. The lowest BCUT2D eigenvalue weighted by molar-refractivity contribution is 0.935. The molecule has 0 amide bonds. The van der Waals surface area contributed by atoms with Crippen LogP contribution < -0.4 is 5.32 Å². The molecule has 0 fully saturated rings. The highest BCUT2D eigenvalue weighted by molar-refractivity contribution is 5.45. The van der Waals surface area contributed by atoms with Gasteiger partial charge in [-0.15, -0.1) is 0 Å². The molecule has 1 N–H and O–H groups in total. The second kappa shape index (κ2) is 4.59. The molecule has 0 unspecified atom stereocenters. The molecular weight excluding hydrogens is 188 g/mol. The molecule has 0 saturated heterocycles. The van der Waals surface area contributed by atoms with Gasteiger partial charge in [0.15, 0.2) is 5.65 Å². The average Bonchev–Trinajstić information content (AvgIpc) is 2.71. The monoisotopic (exact) mass is 202 g/mol. The molecule has 2 rings (SSSR count). The summed E-state index contributed by atoms with van der Waals surface area (Å²) in [5.41, 5.74) is 0.867. The Morgan fingerprint density at radius 3 is 3.27 bits per heavy atom. The summed E-state index contributed by atoms with van der Waals surface area (Å²) in [6.45, 7) is 2.93. The fourth-order valence-corrected chi connectivity index (χ4v) is 1.36. The zero-order valence-corrected chi connectivity index (χ0v) is 8.72. The first-order chi connectivity index (χ1) is 7.40. The third-order valence-corrected chi connectivity index (χ3v) is 2.11. The van der Waals surface area contributed by atoms with Crippen LogP contribution in [-0.2, 0) is 0 Å². The van der Waals surface area contributed by atoms with Crippen molar-refractivity contribution in [2.75, 3.05) is 11.9 Å². The largest absolute Gasteiger partial charge is 0.370 e. The van der Waals surface area contributed by atoms with E-state index in [9.17, 15) is 0 Å². The van der Waals surface area contributed by atoms with Gasteiger partial charge in [0.05, 0.1) is 6.20 Å². The molecule has 0 atom stereocenters. The van der Waals surface area contributed by atoms with E-state index in [1.807, 2.05) is 25.3 Å². The number of fused-ring (bicyclic) bond motifs is 1. The highest BCUT2D eigenvalue weighted by Gasteiger charge is 1.96. The summed E-state index contributed by atoms with van der Waals surface area (Å²) in [5.74, 6) is 0.896. The van der Waals surface area contributed by atoms with Crippen LogP contribution in [0.2, 0.25) is 0 Å². The predicted molar refractivity (Wildman–Crippen MR) is 60.9 cm³/mol. The molecule has 2 aromatic heterocycles. The Morgan fingerprint density at radius 2 is 2.40 bits per heavy atom. The summed E-state index contributed by atoms with van der Waals surface area (Å²) in [6, 6.07) is 3.81.